The number of phosphoric acid groups is 1. The maximum atomic E-state index is 8.77. The molecule has 0 radical (unpaired) electrons. The Kier molecular flexibility index (Phi) is 16.2. The zero-order valence-corrected chi connectivity index (χ0v) is 7.50. The molecule has 7 heteroatoms. The van der Waals surface area contributed by atoms with Crippen LogP contribution < -0.4 is 34.5 Å². The molecule has 46 valence electrons. The van der Waals surface area contributed by atoms with Gasteiger partial charge in [0.2, 0.25) is 0 Å². The van der Waals surface area contributed by atoms with Gasteiger partial charge in [0.1, 0.15) is 0 Å². The van der Waals surface area contributed by atoms with Crippen LogP contribution in [0.25, 0.3) is 0 Å². The molecular formula is CH6NaO5P. The Labute approximate surface area is 68.9 Å². The third kappa shape index (κ3) is 228. The van der Waals surface area contributed by atoms with Gasteiger partial charge < -0.3 is 19.8 Å². The molecule has 5 nitrogen and oxygen atoms in total. The summed E-state index contributed by atoms with van der Waals surface area (Å²) in [7, 11) is -3.89. The predicted octanol–water partition coefficient (Wildman–Crippen LogP) is -4.95. The normalized spacial score (nSPS) is 8.12. The van der Waals surface area contributed by atoms with Crippen molar-refractivity contribution < 1.29 is 53.9 Å². The molecule has 0 rings (SSSR count). The van der Waals surface area contributed by atoms with E-state index in [2.05, 4.69) is 0 Å². The van der Waals surface area contributed by atoms with E-state index < -0.39 is 7.82 Å². The third-order valence-corrected chi connectivity index (χ3v) is 0. The monoisotopic (exact) mass is 152 g/mol. The topological polar surface area (TPSA) is 101 Å². The van der Waals surface area contributed by atoms with Crippen molar-refractivity contribution in [2.24, 2.45) is 0 Å². The fraction of sp³-hybridized carbons (Fsp3) is 1.00. The van der Waals surface area contributed by atoms with Gasteiger partial charge in [-0.1, -0.05) is 0 Å². The summed E-state index contributed by atoms with van der Waals surface area (Å²) in [6.45, 7) is 0. The van der Waals surface area contributed by atoms with E-state index in [1.165, 1.54) is 0 Å². The van der Waals surface area contributed by atoms with Crippen molar-refractivity contribution in [3.8, 4) is 0 Å². The smallest absolute Gasteiger partial charge is 0.756 e. The number of aliphatic hydroxyl groups excluding tert-OH is 1. The summed E-state index contributed by atoms with van der Waals surface area (Å²) < 4.78 is 8.77. The van der Waals surface area contributed by atoms with Crippen molar-refractivity contribution in [3.05, 3.63) is 0 Å². The molecule has 0 saturated heterocycles. The Morgan fingerprint density at radius 2 is 1.38 bits per heavy atom. The minimum absolute atomic E-state index is 0. The molecule has 8 heavy (non-hydrogen) atoms. The predicted molar refractivity (Wildman–Crippen MR) is 20.2 cm³/mol. The van der Waals surface area contributed by atoms with Gasteiger partial charge in [0.15, 0.2) is 0 Å². The first-order valence-corrected chi connectivity index (χ1v) is 2.74. The maximum Gasteiger partial charge on any atom is 1.00 e. The van der Waals surface area contributed by atoms with Crippen molar-refractivity contribution >= 4 is 7.82 Å². The first-order chi connectivity index (χ1) is 3.00. The van der Waals surface area contributed by atoms with Gasteiger partial charge in [-0.3, -0.25) is 4.57 Å². The van der Waals surface area contributed by atoms with Crippen LogP contribution in [-0.4, -0.2) is 22.0 Å². The fourth-order valence-electron chi connectivity index (χ4n) is 0. The van der Waals surface area contributed by atoms with Gasteiger partial charge in [0.25, 0.3) is 7.82 Å². The first-order valence-electron chi connectivity index (χ1n) is 1.21. The van der Waals surface area contributed by atoms with Crippen molar-refractivity contribution in [2.45, 2.75) is 0 Å². The Bertz CT molecular complexity index is 58.6. The van der Waals surface area contributed by atoms with Crippen LogP contribution in [0.5, 0.6) is 0 Å². The van der Waals surface area contributed by atoms with Crippen molar-refractivity contribution in [1.29, 1.82) is 0 Å². The fourth-order valence-corrected chi connectivity index (χ4v) is 0. The minimum Gasteiger partial charge on any atom is -0.756 e. The standard InChI is InChI=1S/CH4O.Na.H3O4P/c1-2;;1-5(2,3)4/h2H,1H3;;(H3,1,2,3,4)/q;+1;/p-1. The van der Waals surface area contributed by atoms with Crippen LogP contribution in [0.15, 0.2) is 0 Å². The van der Waals surface area contributed by atoms with E-state index in [-0.39, 0.29) is 29.6 Å². The molecule has 3 N–H and O–H groups in total. The van der Waals surface area contributed by atoms with Gasteiger partial charge >= 0.3 is 29.6 Å². The molecule has 0 amide bonds. The average molecular weight is 152 g/mol. The molecule has 0 aromatic rings. The molecule has 0 bridgehead atoms. The summed E-state index contributed by atoms with van der Waals surface area (Å²) in [4.78, 5) is 22.9. The molecular weight excluding hydrogens is 146 g/mol. The van der Waals surface area contributed by atoms with E-state index >= 15 is 0 Å². The Balaban J connectivity index is -0.0000000750. The quantitative estimate of drug-likeness (QED) is 0.238. The molecule has 0 aliphatic carbocycles. The van der Waals surface area contributed by atoms with E-state index in [0.29, 0.717) is 0 Å². The molecule has 0 fully saturated rings. The van der Waals surface area contributed by atoms with Gasteiger partial charge in [-0.25, -0.2) is 0 Å². The molecule has 0 saturated carbocycles. The summed E-state index contributed by atoms with van der Waals surface area (Å²) in [5, 5.41) is 7.00. The van der Waals surface area contributed by atoms with Gasteiger partial charge in [-0.2, -0.15) is 0 Å². The molecule has 0 aliphatic rings. The van der Waals surface area contributed by atoms with Crippen LogP contribution in [0, 0.1) is 0 Å². The molecule has 0 aromatic heterocycles. The van der Waals surface area contributed by atoms with Gasteiger partial charge in [-0.05, 0) is 0 Å². The van der Waals surface area contributed by atoms with E-state index in [1.807, 2.05) is 0 Å². The van der Waals surface area contributed by atoms with Crippen LogP contribution in [0.3, 0.4) is 0 Å². The Morgan fingerprint density at radius 3 is 1.38 bits per heavy atom. The number of aliphatic hydroxyl groups is 1. The van der Waals surface area contributed by atoms with Crippen LogP contribution >= 0.6 is 7.82 Å². The first kappa shape index (κ1) is 16.0. The maximum absolute atomic E-state index is 8.77. The Hall–Kier alpha value is 1.07. The minimum atomic E-state index is -4.89. The number of rotatable bonds is 0. The Morgan fingerprint density at radius 1 is 1.38 bits per heavy atom. The van der Waals surface area contributed by atoms with Crippen molar-refractivity contribution in [3.63, 3.8) is 0 Å². The molecule has 0 unspecified atom stereocenters. The summed E-state index contributed by atoms with van der Waals surface area (Å²) in [6.07, 6.45) is 0. The second-order valence-corrected chi connectivity index (χ2v) is 1.47. The SMILES string of the molecule is CO.O=P([O-])(O)O.[Na+]. The molecule has 0 atom stereocenters. The van der Waals surface area contributed by atoms with E-state index in [4.69, 9.17) is 24.4 Å². The van der Waals surface area contributed by atoms with E-state index in [9.17, 15) is 0 Å². The zero-order valence-electron chi connectivity index (χ0n) is 4.61. The number of hydrogen-bond donors (Lipinski definition) is 3. The second-order valence-electron chi connectivity index (χ2n) is 0.491. The third-order valence-electron chi connectivity index (χ3n) is 0. The zero-order chi connectivity index (χ0) is 6.50. The summed E-state index contributed by atoms with van der Waals surface area (Å²) in [6, 6.07) is 0. The molecule has 0 aliphatic heterocycles. The molecule has 0 spiro atoms. The van der Waals surface area contributed by atoms with Crippen molar-refractivity contribution in [1.82, 2.24) is 0 Å². The molecule has 0 heterocycles. The van der Waals surface area contributed by atoms with Crippen LogP contribution in [-0.2, 0) is 4.57 Å². The summed E-state index contributed by atoms with van der Waals surface area (Å²) in [5.74, 6) is 0. The van der Waals surface area contributed by atoms with E-state index in [0.717, 1.165) is 7.11 Å². The van der Waals surface area contributed by atoms with Crippen LogP contribution in [0.1, 0.15) is 0 Å². The van der Waals surface area contributed by atoms with Gasteiger partial charge in [-0.15, -0.1) is 0 Å². The number of hydrogen-bond acceptors (Lipinski definition) is 3. The average Bonchev–Trinajstić information content (AvgIpc) is 1.36. The second kappa shape index (κ2) is 8.07. The van der Waals surface area contributed by atoms with Crippen LogP contribution in [0.4, 0.5) is 0 Å². The molecule has 0 aromatic carbocycles. The largest absolute Gasteiger partial charge is 1.00 e. The summed E-state index contributed by atoms with van der Waals surface area (Å²) >= 11 is 0. The summed E-state index contributed by atoms with van der Waals surface area (Å²) in [5.41, 5.74) is 0. The van der Waals surface area contributed by atoms with E-state index in [1.54, 1.807) is 0 Å². The van der Waals surface area contributed by atoms with Crippen molar-refractivity contribution in [2.75, 3.05) is 7.11 Å². The van der Waals surface area contributed by atoms with Gasteiger partial charge in [0, 0.05) is 7.11 Å². The van der Waals surface area contributed by atoms with Gasteiger partial charge in [0.05, 0.1) is 0 Å². The van der Waals surface area contributed by atoms with Crippen LogP contribution in [0.2, 0.25) is 0 Å².